The summed E-state index contributed by atoms with van der Waals surface area (Å²) in [6, 6.07) is 66.5. The number of aromatic nitrogens is 2. The minimum atomic E-state index is 1.16. The van der Waals surface area contributed by atoms with Crippen molar-refractivity contribution in [3.8, 4) is 44.8 Å². The van der Waals surface area contributed by atoms with E-state index in [0.717, 1.165) is 5.69 Å². The van der Waals surface area contributed by atoms with E-state index >= 15 is 0 Å². The first kappa shape index (κ1) is 28.5. The zero-order valence-electron chi connectivity index (χ0n) is 27.6. The molecule has 10 aromatic rings. The molecule has 0 aliphatic carbocycles. The third kappa shape index (κ3) is 4.25. The van der Waals surface area contributed by atoms with E-state index < -0.39 is 0 Å². The van der Waals surface area contributed by atoms with Crippen LogP contribution in [0.25, 0.3) is 88.4 Å². The number of hydrogen-bond donors (Lipinski definition) is 0. The van der Waals surface area contributed by atoms with Crippen LogP contribution in [-0.2, 0) is 0 Å². The number of para-hydroxylation sites is 2. The van der Waals surface area contributed by atoms with E-state index in [9.17, 15) is 0 Å². The summed E-state index contributed by atoms with van der Waals surface area (Å²) in [5, 5.41) is 6.43. The third-order valence-corrected chi connectivity index (χ3v) is 11.6. The molecular formula is C48H30N2S. The van der Waals surface area contributed by atoms with Crippen molar-refractivity contribution in [3.63, 3.8) is 0 Å². The summed E-state index contributed by atoms with van der Waals surface area (Å²) in [4.78, 5) is 2.54. The van der Waals surface area contributed by atoms with E-state index in [-0.39, 0.29) is 0 Å². The van der Waals surface area contributed by atoms with Gasteiger partial charge in [0.25, 0.3) is 0 Å². The normalized spacial score (nSPS) is 12.2. The highest BCUT2D eigenvalue weighted by atomic mass is 32.2. The fraction of sp³-hybridized carbons (Fsp3) is 0. The Labute approximate surface area is 299 Å². The van der Waals surface area contributed by atoms with Gasteiger partial charge in [0.15, 0.2) is 0 Å². The van der Waals surface area contributed by atoms with Crippen molar-refractivity contribution in [2.24, 2.45) is 0 Å². The van der Waals surface area contributed by atoms with Gasteiger partial charge in [-0.1, -0.05) is 157 Å². The van der Waals surface area contributed by atoms with Gasteiger partial charge in [0.2, 0.25) is 0 Å². The maximum Gasteiger partial charge on any atom is 0.131 e. The van der Waals surface area contributed by atoms with Crippen molar-refractivity contribution in [2.45, 2.75) is 9.79 Å². The van der Waals surface area contributed by atoms with Gasteiger partial charge in [-0.15, -0.1) is 0 Å². The van der Waals surface area contributed by atoms with E-state index in [1.807, 2.05) is 11.8 Å². The van der Waals surface area contributed by atoms with E-state index in [1.54, 1.807) is 0 Å². The molecule has 11 rings (SSSR count). The molecule has 8 aromatic carbocycles. The lowest BCUT2D eigenvalue weighted by Crippen LogP contribution is -2.05. The molecule has 0 fully saturated rings. The number of nitrogens with zero attached hydrogens (tertiary/aromatic N) is 2. The summed E-state index contributed by atoms with van der Waals surface area (Å²) >= 11 is 1.88. The minimum Gasteiger partial charge on any atom is -0.295 e. The highest BCUT2D eigenvalue weighted by Crippen LogP contribution is 2.51. The Bertz CT molecular complexity index is 2960. The molecule has 2 aromatic heterocycles. The van der Waals surface area contributed by atoms with E-state index in [4.69, 9.17) is 0 Å². The predicted molar refractivity (Wildman–Crippen MR) is 216 cm³/mol. The van der Waals surface area contributed by atoms with Crippen molar-refractivity contribution >= 4 is 55.4 Å². The van der Waals surface area contributed by atoms with Gasteiger partial charge >= 0.3 is 0 Å². The molecule has 0 N–H and O–H groups in total. The average Bonchev–Trinajstić information content (AvgIpc) is 3.72. The molecule has 0 radical (unpaired) electrons. The zero-order chi connectivity index (χ0) is 33.5. The molecule has 0 amide bonds. The maximum absolute atomic E-state index is 2.53. The molecule has 51 heavy (non-hydrogen) atoms. The second-order valence-electron chi connectivity index (χ2n) is 13.3. The molecule has 238 valence electrons. The molecule has 3 heteroatoms. The fourth-order valence-electron chi connectivity index (χ4n) is 8.27. The van der Waals surface area contributed by atoms with Crippen LogP contribution in [0.2, 0.25) is 0 Å². The van der Waals surface area contributed by atoms with Crippen LogP contribution < -0.4 is 0 Å². The largest absolute Gasteiger partial charge is 0.295 e. The summed E-state index contributed by atoms with van der Waals surface area (Å²) < 4.78 is 5.00. The van der Waals surface area contributed by atoms with Gasteiger partial charge < -0.3 is 0 Å². The second kappa shape index (κ2) is 11.1. The summed E-state index contributed by atoms with van der Waals surface area (Å²) in [5.41, 5.74) is 13.5. The van der Waals surface area contributed by atoms with Crippen molar-refractivity contribution in [1.29, 1.82) is 0 Å². The van der Waals surface area contributed by atoms with E-state index in [1.165, 1.54) is 92.5 Å². The molecule has 0 atom stereocenters. The first-order valence-corrected chi connectivity index (χ1v) is 18.3. The maximum atomic E-state index is 2.53. The summed E-state index contributed by atoms with van der Waals surface area (Å²) in [6.45, 7) is 0. The molecule has 1 aliphatic heterocycles. The van der Waals surface area contributed by atoms with Crippen LogP contribution in [0.4, 0.5) is 0 Å². The van der Waals surface area contributed by atoms with Crippen LogP contribution in [0.15, 0.2) is 192 Å². The molecule has 0 spiro atoms. The zero-order valence-corrected chi connectivity index (χ0v) is 28.4. The first-order valence-electron chi connectivity index (χ1n) is 17.4. The van der Waals surface area contributed by atoms with Crippen molar-refractivity contribution in [3.05, 3.63) is 182 Å². The Morgan fingerprint density at radius 2 is 1.04 bits per heavy atom. The lowest BCUT2D eigenvalue weighted by atomic mass is 9.96. The lowest BCUT2D eigenvalue weighted by Gasteiger charge is -2.22. The Hall–Kier alpha value is -6.29. The summed E-state index contributed by atoms with van der Waals surface area (Å²) in [7, 11) is 0. The van der Waals surface area contributed by atoms with Crippen LogP contribution >= 0.6 is 11.8 Å². The van der Waals surface area contributed by atoms with Gasteiger partial charge in [0.1, 0.15) is 5.65 Å². The number of benzene rings is 8. The molecule has 0 unspecified atom stereocenters. The predicted octanol–water partition coefficient (Wildman–Crippen LogP) is 13.3. The van der Waals surface area contributed by atoms with Gasteiger partial charge in [-0.3, -0.25) is 9.13 Å². The van der Waals surface area contributed by atoms with Gasteiger partial charge in [-0.05, 0) is 80.6 Å². The first-order chi connectivity index (χ1) is 25.3. The Balaban J connectivity index is 1.13. The monoisotopic (exact) mass is 666 g/mol. The summed E-state index contributed by atoms with van der Waals surface area (Å²) in [5.74, 6) is 0. The Kier molecular flexibility index (Phi) is 6.22. The van der Waals surface area contributed by atoms with Gasteiger partial charge in [-0.2, -0.15) is 0 Å². The van der Waals surface area contributed by atoms with Crippen LogP contribution in [0.5, 0.6) is 0 Å². The average molecular weight is 667 g/mol. The molecule has 2 nitrogen and oxygen atoms in total. The van der Waals surface area contributed by atoms with Crippen LogP contribution in [0.3, 0.4) is 0 Å². The molecule has 0 saturated heterocycles. The SMILES string of the molecule is c1ccc(-c2cccc3c2c2c4cccc5c4n(c2n3-c2ccccc2)-c2ccc(-c3ccc(-c4cccc6ccccc46)cc3)cc2S5)cc1. The second-order valence-corrected chi connectivity index (χ2v) is 14.4. The standard InChI is InChI=1S/C48H30N2S/c1-3-12-33(13-4-1)39-20-10-22-42-45(39)46-40-21-11-23-43-47(40)50(48(46)49(42)36-16-5-2-6-17-36)41-29-28-35(30-44(41)51-43)31-24-26-34(27-25-31)38-19-9-15-32-14-7-8-18-37(32)38/h1-30H. The topological polar surface area (TPSA) is 9.86 Å². The van der Waals surface area contributed by atoms with Crippen molar-refractivity contribution in [2.75, 3.05) is 0 Å². The molecule has 3 heterocycles. The van der Waals surface area contributed by atoms with Gasteiger partial charge in [-0.25, -0.2) is 0 Å². The van der Waals surface area contributed by atoms with E-state index in [2.05, 4.69) is 191 Å². The summed E-state index contributed by atoms with van der Waals surface area (Å²) in [6.07, 6.45) is 0. The van der Waals surface area contributed by atoms with Gasteiger partial charge in [0.05, 0.1) is 16.7 Å². The molecule has 0 saturated carbocycles. The number of hydrogen-bond acceptors (Lipinski definition) is 1. The van der Waals surface area contributed by atoms with Crippen LogP contribution in [0, 0.1) is 0 Å². The van der Waals surface area contributed by atoms with E-state index in [0.29, 0.717) is 0 Å². The Morgan fingerprint density at radius 3 is 1.90 bits per heavy atom. The van der Waals surface area contributed by atoms with Crippen molar-refractivity contribution in [1.82, 2.24) is 9.13 Å². The minimum absolute atomic E-state index is 1.16. The lowest BCUT2D eigenvalue weighted by molar-refractivity contribution is 1.03. The smallest absolute Gasteiger partial charge is 0.131 e. The van der Waals surface area contributed by atoms with Crippen LogP contribution in [0.1, 0.15) is 0 Å². The molecule has 1 aliphatic rings. The van der Waals surface area contributed by atoms with Gasteiger partial charge in [0, 0.05) is 31.6 Å². The highest BCUT2D eigenvalue weighted by molar-refractivity contribution is 7.99. The molecular weight excluding hydrogens is 637 g/mol. The third-order valence-electron chi connectivity index (χ3n) is 10.5. The number of rotatable bonds is 4. The van der Waals surface area contributed by atoms with Crippen LogP contribution in [-0.4, -0.2) is 9.13 Å². The quantitative estimate of drug-likeness (QED) is 0.182. The van der Waals surface area contributed by atoms with Crippen molar-refractivity contribution < 1.29 is 0 Å². The Morgan fingerprint density at radius 1 is 0.392 bits per heavy atom. The molecule has 0 bridgehead atoms. The number of fused-ring (bicyclic) bond motifs is 8. The fourth-order valence-corrected chi connectivity index (χ4v) is 9.40. The highest BCUT2D eigenvalue weighted by Gasteiger charge is 2.29.